The fourth-order valence-electron chi connectivity index (χ4n) is 1.80. The van der Waals surface area contributed by atoms with Crippen LogP contribution in [-0.4, -0.2) is 29.7 Å². The Hall–Kier alpha value is -1.26. The molecule has 16 heavy (non-hydrogen) atoms. The van der Waals surface area contributed by atoms with E-state index in [4.69, 9.17) is 5.11 Å². The highest BCUT2D eigenvalue weighted by molar-refractivity contribution is 5.82. The van der Waals surface area contributed by atoms with Gasteiger partial charge in [0.2, 0.25) is 0 Å². The van der Waals surface area contributed by atoms with Gasteiger partial charge in [0.05, 0.1) is 0 Å². The first-order valence-electron chi connectivity index (χ1n) is 5.76. The Labute approximate surface area is 95.6 Å². The number of nitrogens with one attached hydrogen (secondary N) is 2. The number of carbonyl (C=O) groups is 2. The maximum Gasteiger partial charge on any atom is 0.325 e. The predicted molar refractivity (Wildman–Crippen MR) is 60.2 cm³/mol. The van der Waals surface area contributed by atoms with E-state index in [1.807, 2.05) is 0 Å². The molecule has 5 heteroatoms. The molecule has 0 aromatic rings. The van der Waals surface area contributed by atoms with Crippen molar-refractivity contribution in [3.63, 3.8) is 0 Å². The highest BCUT2D eigenvalue weighted by atomic mass is 16.4. The van der Waals surface area contributed by atoms with E-state index in [0.717, 1.165) is 25.7 Å². The molecule has 0 aromatic carbocycles. The predicted octanol–water partition coefficient (Wildman–Crippen LogP) is 1.34. The SMILES string of the molecule is CCCC1(CNC(=O)N[C@H](C)C(=O)O)CC1. The number of rotatable bonds is 6. The molecule has 0 spiro atoms. The van der Waals surface area contributed by atoms with Gasteiger partial charge in [-0.3, -0.25) is 4.79 Å². The fourth-order valence-corrected chi connectivity index (χ4v) is 1.80. The number of amides is 2. The van der Waals surface area contributed by atoms with Gasteiger partial charge in [-0.1, -0.05) is 13.3 Å². The summed E-state index contributed by atoms with van der Waals surface area (Å²) in [5, 5.41) is 13.7. The van der Waals surface area contributed by atoms with Gasteiger partial charge in [-0.2, -0.15) is 0 Å². The molecule has 1 fully saturated rings. The summed E-state index contributed by atoms with van der Waals surface area (Å²) < 4.78 is 0. The Morgan fingerprint density at radius 2 is 2.06 bits per heavy atom. The van der Waals surface area contributed by atoms with Crippen molar-refractivity contribution in [3.05, 3.63) is 0 Å². The van der Waals surface area contributed by atoms with Crippen LogP contribution in [0.1, 0.15) is 39.5 Å². The molecule has 2 amide bonds. The minimum atomic E-state index is -1.02. The summed E-state index contributed by atoms with van der Waals surface area (Å²) in [7, 11) is 0. The smallest absolute Gasteiger partial charge is 0.325 e. The van der Waals surface area contributed by atoms with Crippen LogP contribution in [0.5, 0.6) is 0 Å². The Morgan fingerprint density at radius 1 is 1.44 bits per heavy atom. The molecule has 3 N–H and O–H groups in total. The maximum atomic E-state index is 11.4. The highest BCUT2D eigenvalue weighted by Crippen LogP contribution is 2.48. The zero-order chi connectivity index (χ0) is 12.2. The van der Waals surface area contributed by atoms with Gasteiger partial charge in [0.25, 0.3) is 0 Å². The van der Waals surface area contributed by atoms with Crippen molar-refractivity contribution in [3.8, 4) is 0 Å². The third kappa shape index (κ3) is 3.72. The summed E-state index contributed by atoms with van der Waals surface area (Å²) in [6.07, 6.45) is 4.57. The second-order valence-corrected chi connectivity index (χ2v) is 4.64. The molecule has 1 rings (SSSR count). The molecule has 0 aromatic heterocycles. The molecule has 0 radical (unpaired) electrons. The van der Waals surface area contributed by atoms with E-state index in [9.17, 15) is 9.59 Å². The molecule has 5 nitrogen and oxygen atoms in total. The quantitative estimate of drug-likeness (QED) is 0.642. The van der Waals surface area contributed by atoms with Crippen LogP contribution in [0.2, 0.25) is 0 Å². The lowest BCUT2D eigenvalue weighted by molar-refractivity contribution is -0.138. The van der Waals surface area contributed by atoms with E-state index in [1.54, 1.807) is 0 Å². The van der Waals surface area contributed by atoms with E-state index in [0.29, 0.717) is 12.0 Å². The van der Waals surface area contributed by atoms with Crippen molar-refractivity contribution in [2.45, 2.75) is 45.6 Å². The first-order valence-corrected chi connectivity index (χ1v) is 5.76. The molecule has 92 valence electrons. The second kappa shape index (κ2) is 5.18. The van der Waals surface area contributed by atoms with Gasteiger partial charge in [0, 0.05) is 6.54 Å². The van der Waals surface area contributed by atoms with Crippen molar-refractivity contribution in [2.24, 2.45) is 5.41 Å². The molecular weight excluding hydrogens is 208 g/mol. The van der Waals surface area contributed by atoms with Crippen LogP contribution in [0.25, 0.3) is 0 Å². The minimum Gasteiger partial charge on any atom is -0.480 e. The summed E-state index contributed by atoms with van der Waals surface area (Å²) >= 11 is 0. The van der Waals surface area contributed by atoms with E-state index < -0.39 is 18.0 Å². The van der Waals surface area contributed by atoms with Gasteiger partial charge >= 0.3 is 12.0 Å². The first kappa shape index (κ1) is 12.8. The zero-order valence-corrected chi connectivity index (χ0v) is 9.88. The molecule has 1 aliphatic carbocycles. The van der Waals surface area contributed by atoms with E-state index in [2.05, 4.69) is 17.6 Å². The van der Waals surface area contributed by atoms with Gasteiger partial charge in [-0.05, 0) is 31.6 Å². The molecule has 1 atom stereocenters. The Bertz CT molecular complexity index is 274. The van der Waals surface area contributed by atoms with Crippen molar-refractivity contribution in [2.75, 3.05) is 6.54 Å². The summed E-state index contributed by atoms with van der Waals surface area (Å²) in [6.45, 7) is 4.23. The number of carboxylic acids is 1. The van der Waals surface area contributed by atoms with Crippen molar-refractivity contribution < 1.29 is 14.7 Å². The van der Waals surface area contributed by atoms with Crippen LogP contribution in [0.3, 0.4) is 0 Å². The molecule has 0 aliphatic heterocycles. The lowest BCUT2D eigenvalue weighted by Gasteiger charge is -2.16. The molecule has 1 saturated carbocycles. The largest absolute Gasteiger partial charge is 0.480 e. The monoisotopic (exact) mass is 228 g/mol. The molecule has 0 heterocycles. The first-order chi connectivity index (χ1) is 7.49. The molecule has 1 aliphatic rings. The number of aliphatic carboxylic acids is 1. The van der Waals surface area contributed by atoms with Crippen LogP contribution in [0.4, 0.5) is 4.79 Å². The van der Waals surface area contributed by atoms with Gasteiger partial charge in [-0.15, -0.1) is 0 Å². The highest BCUT2D eigenvalue weighted by Gasteiger charge is 2.41. The normalized spacial score (nSPS) is 18.6. The van der Waals surface area contributed by atoms with Gasteiger partial charge in [0.15, 0.2) is 0 Å². The maximum absolute atomic E-state index is 11.4. The van der Waals surface area contributed by atoms with Crippen molar-refractivity contribution >= 4 is 12.0 Å². The van der Waals surface area contributed by atoms with Crippen LogP contribution >= 0.6 is 0 Å². The second-order valence-electron chi connectivity index (χ2n) is 4.64. The fraction of sp³-hybridized carbons (Fsp3) is 0.818. The minimum absolute atomic E-state index is 0.290. The molecular formula is C11H20N2O3. The third-order valence-electron chi connectivity index (χ3n) is 3.08. The number of hydrogen-bond donors (Lipinski definition) is 3. The average Bonchev–Trinajstić information content (AvgIpc) is 2.96. The van der Waals surface area contributed by atoms with Crippen LogP contribution in [0, 0.1) is 5.41 Å². The Kier molecular flexibility index (Phi) is 4.15. The number of hydrogen-bond acceptors (Lipinski definition) is 2. The topological polar surface area (TPSA) is 78.4 Å². The summed E-state index contributed by atoms with van der Waals surface area (Å²) in [5.41, 5.74) is 0.290. The van der Waals surface area contributed by atoms with Crippen LogP contribution in [-0.2, 0) is 4.79 Å². The summed E-state index contributed by atoms with van der Waals surface area (Å²) in [6, 6.07) is -1.24. The lowest BCUT2D eigenvalue weighted by atomic mass is 10.0. The van der Waals surface area contributed by atoms with E-state index in [1.165, 1.54) is 6.92 Å². The average molecular weight is 228 g/mol. The molecule has 0 bridgehead atoms. The summed E-state index contributed by atoms with van der Waals surface area (Å²) in [4.78, 5) is 21.9. The van der Waals surface area contributed by atoms with Crippen LogP contribution < -0.4 is 10.6 Å². The van der Waals surface area contributed by atoms with Crippen molar-refractivity contribution in [1.82, 2.24) is 10.6 Å². The summed E-state index contributed by atoms with van der Waals surface area (Å²) in [5.74, 6) is -1.02. The standard InChI is InChI=1S/C11H20N2O3/c1-3-4-11(5-6-11)7-12-10(16)13-8(2)9(14)15/h8H,3-7H2,1-2H3,(H,14,15)(H2,12,13,16)/t8-/m1/s1. The Balaban J connectivity index is 2.23. The van der Waals surface area contributed by atoms with E-state index in [-0.39, 0.29) is 0 Å². The van der Waals surface area contributed by atoms with Gasteiger partial charge < -0.3 is 15.7 Å². The lowest BCUT2D eigenvalue weighted by Crippen LogP contribution is -2.45. The molecule has 0 saturated heterocycles. The van der Waals surface area contributed by atoms with Gasteiger partial charge in [0.1, 0.15) is 6.04 Å². The number of carboxylic acid groups (broad SMARTS) is 1. The third-order valence-corrected chi connectivity index (χ3v) is 3.08. The zero-order valence-electron chi connectivity index (χ0n) is 9.88. The number of carbonyl (C=O) groups excluding carboxylic acids is 1. The van der Waals surface area contributed by atoms with E-state index >= 15 is 0 Å². The van der Waals surface area contributed by atoms with Crippen molar-refractivity contribution in [1.29, 1.82) is 0 Å². The number of urea groups is 1. The van der Waals surface area contributed by atoms with Gasteiger partial charge in [-0.25, -0.2) is 4.79 Å². The Morgan fingerprint density at radius 3 is 2.50 bits per heavy atom. The molecule has 0 unspecified atom stereocenters. The van der Waals surface area contributed by atoms with Crippen LogP contribution in [0.15, 0.2) is 0 Å².